The summed E-state index contributed by atoms with van der Waals surface area (Å²) in [6, 6.07) is 5.44. The molecule has 2 aromatic rings. The molecule has 1 N–H and O–H groups in total. The van der Waals surface area contributed by atoms with Gasteiger partial charge in [-0.05, 0) is 24.6 Å². The van der Waals surface area contributed by atoms with E-state index in [1.54, 1.807) is 6.07 Å². The van der Waals surface area contributed by atoms with E-state index in [2.05, 4.69) is 10.1 Å². The number of aryl methyl sites for hydroxylation is 1. The van der Waals surface area contributed by atoms with Crippen molar-refractivity contribution < 1.29 is 14.1 Å². The zero-order valence-corrected chi connectivity index (χ0v) is 13.3. The van der Waals surface area contributed by atoms with Crippen molar-refractivity contribution in [2.75, 3.05) is 12.9 Å². The Balaban J connectivity index is 1.90. The van der Waals surface area contributed by atoms with E-state index in [4.69, 9.17) is 16.3 Å². The third kappa shape index (κ3) is 4.52. The van der Waals surface area contributed by atoms with Crippen LogP contribution in [-0.2, 0) is 17.3 Å². The van der Waals surface area contributed by atoms with E-state index in [1.807, 2.05) is 19.1 Å². The average Bonchev–Trinajstić information content (AvgIpc) is 2.88. The van der Waals surface area contributed by atoms with Gasteiger partial charge in [-0.25, -0.2) is 9.67 Å². The number of benzene rings is 1. The Labute approximate surface area is 130 Å². The lowest BCUT2D eigenvalue weighted by molar-refractivity contribution is 0.0890. The fourth-order valence-corrected chi connectivity index (χ4v) is 2.26. The normalized spacial score (nSPS) is 13.9. The van der Waals surface area contributed by atoms with E-state index < -0.39 is 16.9 Å². The van der Waals surface area contributed by atoms with E-state index in [-0.39, 0.29) is 18.3 Å². The van der Waals surface area contributed by atoms with Crippen LogP contribution in [0.2, 0.25) is 5.02 Å². The minimum Gasteiger partial charge on any atom is -0.489 e. The molecule has 114 valence electrons. The van der Waals surface area contributed by atoms with Crippen LogP contribution in [0.4, 0.5) is 0 Å². The fraction of sp³-hybridized carbons (Fsp3) is 0.385. The molecule has 0 spiro atoms. The van der Waals surface area contributed by atoms with Crippen molar-refractivity contribution in [2.24, 2.45) is 0 Å². The molecule has 1 heterocycles. The van der Waals surface area contributed by atoms with Gasteiger partial charge in [0.05, 0.1) is 22.4 Å². The average molecular weight is 330 g/mol. The first-order chi connectivity index (χ1) is 9.95. The molecule has 0 aliphatic carbocycles. The molecule has 0 radical (unpaired) electrons. The van der Waals surface area contributed by atoms with E-state index in [9.17, 15) is 9.32 Å². The minimum atomic E-state index is -1.24. The van der Waals surface area contributed by atoms with E-state index >= 15 is 0 Å². The van der Waals surface area contributed by atoms with Gasteiger partial charge in [0.25, 0.3) is 0 Å². The first-order valence-electron chi connectivity index (χ1n) is 6.25. The molecule has 2 rings (SSSR count). The summed E-state index contributed by atoms with van der Waals surface area (Å²) in [5.74, 6) is 0.532. The lowest BCUT2D eigenvalue weighted by Gasteiger charge is -2.13. The van der Waals surface area contributed by atoms with Gasteiger partial charge in [-0.1, -0.05) is 17.7 Å². The van der Waals surface area contributed by atoms with Crippen molar-refractivity contribution in [3.05, 3.63) is 35.1 Å². The van der Waals surface area contributed by atoms with Crippen LogP contribution in [0.15, 0.2) is 29.7 Å². The fourth-order valence-electron chi connectivity index (χ4n) is 1.67. The van der Waals surface area contributed by atoms with Crippen LogP contribution in [0, 0.1) is 6.92 Å². The van der Waals surface area contributed by atoms with Crippen LogP contribution >= 0.6 is 11.6 Å². The lowest BCUT2D eigenvalue weighted by atomic mass is 10.2. The zero-order valence-electron chi connectivity index (χ0n) is 11.7. The summed E-state index contributed by atoms with van der Waals surface area (Å²) in [4.78, 5) is 3.89. The van der Waals surface area contributed by atoms with Gasteiger partial charge in [0.2, 0.25) is 5.16 Å². The summed E-state index contributed by atoms with van der Waals surface area (Å²) in [5.41, 5.74) is 1.02. The second kappa shape index (κ2) is 7.02. The second-order valence-corrected chi connectivity index (χ2v) is 6.28. The number of aliphatic hydroxyl groups is 1. The summed E-state index contributed by atoms with van der Waals surface area (Å²) < 4.78 is 18.1. The van der Waals surface area contributed by atoms with Gasteiger partial charge < -0.3 is 9.84 Å². The van der Waals surface area contributed by atoms with Gasteiger partial charge in [0, 0.05) is 6.26 Å². The van der Waals surface area contributed by atoms with Crippen LogP contribution in [0.25, 0.3) is 0 Å². The van der Waals surface area contributed by atoms with Gasteiger partial charge in [0.1, 0.15) is 24.8 Å². The van der Waals surface area contributed by atoms with E-state index in [1.165, 1.54) is 17.3 Å². The number of nitrogens with zero attached hydrogens (tertiary/aromatic N) is 3. The third-order valence-electron chi connectivity index (χ3n) is 2.69. The second-order valence-electron chi connectivity index (χ2n) is 4.60. The summed E-state index contributed by atoms with van der Waals surface area (Å²) in [6.45, 7) is 2.21. The third-order valence-corrected chi connectivity index (χ3v) is 3.70. The number of aliphatic hydroxyl groups excluding tert-OH is 1. The Morgan fingerprint density at radius 2 is 2.29 bits per heavy atom. The number of aromatic nitrogens is 3. The quantitative estimate of drug-likeness (QED) is 0.867. The van der Waals surface area contributed by atoms with Gasteiger partial charge in [0.15, 0.2) is 0 Å². The molecule has 8 heteroatoms. The van der Waals surface area contributed by atoms with Crippen LogP contribution in [0.1, 0.15) is 5.56 Å². The predicted molar refractivity (Wildman–Crippen MR) is 80.0 cm³/mol. The smallest absolute Gasteiger partial charge is 0.238 e. The summed E-state index contributed by atoms with van der Waals surface area (Å²) in [6.07, 6.45) is 2.15. The highest BCUT2D eigenvalue weighted by molar-refractivity contribution is 7.84. The molecule has 21 heavy (non-hydrogen) atoms. The van der Waals surface area contributed by atoms with Crippen LogP contribution < -0.4 is 4.74 Å². The Hall–Kier alpha value is -1.44. The minimum absolute atomic E-state index is 0.0770. The molecule has 2 atom stereocenters. The highest BCUT2D eigenvalue weighted by Gasteiger charge is 2.11. The first-order valence-corrected chi connectivity index (χ1v) is 8.19. The number of rotatable bonds is 6. The van der Waals surface area contributed by atoms with Crippen molar-refractivity contribution in [1.82, 2.24) is 14.8 Å². The number of hydrogen-bond donors (Lipinski definition) is 1. The molecule has 0 saturated heterocycles. The summed E-state index contributed by atoms with van der Waals surface area (Å²) in [7, 11) is -1.24. The maximum atomic E-state index is 11.2. The SMILES string of the molecule is Cc1ccc(Cl)c(OC[C@H](O)Cn2cnc([S@](C)=O)n2)c1. The lowest BCUT2D eigenvalue weighted by Crippen LogP contribution is -2.24. The molecule has 0 unspecified atom stereocenters. The van der Waals surface area contributed by atoms with E-state index in [0.717, 1.165) is 5.56 Å². The molecule has 0 aliphatic heterocycles. The molecule has 0 aliphatic rings. The van der Waals surface area contributed by atoms with Crippen LogP contribution in [0.5, 0.6) is 5.75 Å². The molecule has 1 aromatic heterocycles. The summed E-state index contributed by atoms with van der Waals surface area (Å²) >= 11 is 6.01. The molecule has 0 amide bonds. The zero-order chi connectivity index (χ0) is 15.4. The standard InChI is InChI=1S/C13H16ClN3O3S/c1-9-3-4-11(14)12(5-9)20-7-10(18)6-17-8-15-13(16-17)21(2)19/h3-5,8,10,18H,6-7H2,1-2H3/t10-,21+/m1/s1. The Morgan fingerprint density at radius 3 is 2.95 bits per heavy atom. The first kappa shape index (κ1) is 15.9. The maximum absolute atomic E-state index is 11.2. The van der Waals surface area contributed by atoms with Gasteiger partial charge in [-0.3, -0.25) is 4.21 Å². The van der Waals surface area contributed by atoms with Crippen LogP contribution in [0.3, 0.4) is 0 Å². The Bertz CT molecular complexity index is 647. The largest absolute Gasteiger partial charge is 0.489 e. The van der Waals surface area contributed by atoms with Crippen molar-refractivity contribution >= 4 is 22.4 Å². The number of ether oxygens (including phenoxy) is 1. The molecular weight excluding hydrogens is 314 g/mol. The van der Waals surface area contributed by atoms with Crippen molar-refractivity contribution in [2.45, 2.75) is 24.7 Å². The number of hydrogen-bond acceptors (Lipinski definition) is 5. The predicted octanol–water partition coefficient (Wildman–Crippen LogP) is 1.42. The molecule has 0 saturated carbocycles. The van der Waals surface area contributed by atoms with E-state index in [0.29, 0.717) is 10.8 Å². The number of halogens is 1. The maximum Gasteiger partial charge on any atom is 0.238 e. The molecular formula is C13H16ClN3O3S. The highest BCUT2D eigenvalue weighted by atomic mass is 35.5. The van der Waals surface area contributed by atoms with Crippen molar-refractivity contribution in [3.8, 4) is 5.75 Å². The highest BCUT2D eigenvalue weighted by Crippen LogP contribution is 2.25. The van der Waals surface area contributed by atoms with Crippen molar-refractivity contribution in [3.63, 3.8) is 0 Å². The van der Waals surface area contributed by atoms with Gasteiger partial charge in [-0.2, -0.15) is 0 Å². The van der Waals surface area contributed by atoms with Gasteiger partial charge in [-0.15, -0.1) is 5.10 Å². The van der Waals surface area contributed by atoms with Crippen molar-refractivity contribution in [1.29, 1.82) is 0 Å². The molecule has 0 fully saturated rings. The Morgan fingerprint density at radius 1 is 1.52 bits per heavy atom. The topological polar surface area (TPSA) is 77.2 Å². The monoisotopic (exact) mass is 329 g/mol. The molecule has 0 bridgehead atoms. The molecule has 1 aromatic carbocycles. The van der Waals surface area contributed by atoms with Crippen LogP contribution in [-0.4, -0.2) is 43.0 Å². The summed E-state index contributed by atoms with van der Waals surface area (Å²) in [5, 5.41) is 14.7. The molecule has 6 nitrogen and oxygen atoms in total. The van der Waals surface area contributed by atoms with Gasteiger partial charge >= 0.3 is 0 Å². The Kier molecular flexibility index (Phi) is 5.33.